The van der Waals surface area contributed by atoms with Crippen LogP contribution in [0.15, 0.2) is 194 Å². The van der Waals surface area contributed by atoms with Gasteiger partial charge in [-0.1, -0.05) is 198 Å². The molecule has 308 valence electrons. The van der Waals surface area contributed by atoms with Crippen molar-refractivity contribution in [1.82, 2.24) is 0 Å². The second-order valence-corrected chi connectivity index (χ2v) is 24.4. The third-order valence-corrected chi connectivity index (χ3v) is 21.4. The van der Waals surface area contributed by atoms with E-state index in [2.05, 4.69) is 222 Å². The van der Waals surface area contributed by atoms with E-state index in [4.69, 9.17) is 0 Å². The lowest BCUT2D eigenvalue weighted by atomic mass is 9.80. The van der Waals surface area contributed by atoms with Crippen LogP contribution in [-0.2, 0) is 22.9 Å². The minimum atomic E-state index is -2.03. The number of hydrogen-bond donors (Lipinski definition) is 0. The Morgan fingerprint density at radius 1 is 0.308 bits per heavy atom. The fraction of sp³-hybridized carbons (Fsp3) is 0.125. The summed E-state index contributed by atoms with van der Waals surface area (Å²) in [5, 5.41) is 8.41. The molecule has 2 aliphatic heterocycles. The van der Waals surface area contributed by atoms with Crippen molar-refractivity contribution in [2.75, 3.05) is 0 Å². The van der Waals surface area contributed by atoms with Crippen LogP contribution in [0.1, 0.15) is 61.1 Å². The van der Waals surface area contributed by atoms with Gasteiger partial charge in [-0.2, -0.15) is 0 Å². The second-order valence-electron chi connectivity index (χ2n) is 20.4. The summed E-state index contributed by atoms with van der Waals surface area (Å²) >= 11 is 0. The minimum absolute atomic E-state index is 0.0724. The zero-order valence-corrected chi connectivity index (χ0v) is 38.4. The molecule has 1 spiro atoms. The lowest BCUT2D eigenvalue weighted by Gasteiger charge is -2.25. The van der Waals surface area contributed by atoms with Gasteiger partial charge in [0.25, 0.3) is 0 Å². The number of fused-ring (bicyclic) bond motifs is 14. The third kappa shape index (κ3) is 4.97. The lowest BCUT2D eigenvalue weighted by molar-refractivity contribution is 0.660. The summed E-state index contributed by atoms with van der Waals surface area (Å²) in [6.07, 6.45) is 0. The molecule has 0 atom stereocenters. The monoisotopic (exact) mass is 844 g/mol. The highest BCUT2D eigenvalue weighted by Crippen LogP contribution is 2.53. The van der Waals surface area contributed by atoms with E-state index in [9.17, 15) is 0 Å². The zero-order chi connectivity index (χ0) is 43.4. The molecule has 65 heavy (non-hydrogen) atoms. The van der Waals surface area contributed by atoms with E-state index in [0.717, 1.165) is 0 Å². The minimum Gasteiger partial charge on any atom is -0.0623 e. The summed E-state index contributed by atoms with van der Waals surface area (Å²) in [6, 6.07) is 77.7. The first-order valence-electron chi connectivity index (χ1n) is 23.5. The van der Waals surface area contributed by atoms with Crippen molar-refractivity contribution >= 4 is 40.0 Å². The molecule has 0 N–H and O–H groups in total. The Bertz CT molecular complexity index is 3700. The summed E-state index contributed by atoms with van der Waals surface area (Å²) in [6.45, 7) is 9.57. The molecule has 0 amide bonds. The molecular formula is C64H48Si. The van der Waals surface area contributed by atoms with Crippen LogP contribution in [0.4, 0.5) is 0 Å². The highest BCUT2D eigenvalue weighted by molar-refractivity contribution is 7.05. The van der Waals surface area contributed by atoms with E-state index in [-0.39, 0.29) is 10.8 Å². The van der Waals surface area contributed by atoms with Crippen LogP contribution in [-0.4, -0.2) is 8.07 Å². The fourth-order valence-corrected chi connectivity index (χ4v) is 18.8. The van der Waals surface area contributed by atoms with E-state index in [1.54, 1.807) is 21.5 Å². The van der Waals surface area contributed by atoms with Crippen LogP contribution < -0.4 is 10.4 Å². The van der Waals surface area contributed by atoms with E-state index in [1.807, 2.05) is 0 Å². The SMILES string of the molecule is CC1(C)c2ccccc2-c2ccc(-c3ccc4c(-c5ccc6c(c5)-c5ccccc5[Si]65Cc6ccccc6C5)c5ccccc5c(-c5ccc6c(c5)C(C)(C)c5ccccc5-6)c4c3)cc21. The zero-order valence-electron chi connectivity index (χ0n) is 37.4. The summed E-state index contributed by atoms with van der Waals surface area (Å²) in [5.41, 5.74) is 24.6. The van der Waals surface area contributed by atoms with Crippen LogP contribution in [0.3, 0.4) is 0 Å². The largest absolute Gasteiger partial charge is 0.128 e. The highest BCUT2D eigenvalue weighted by Gasteiger charge is 2.49. The van der Waals surface area contributed by atoms with Crippen LogP contribution in [0, 0.1) is 0 Å². The van der Waals surface area contributed by atoms with Gasteiger partial charge in [0.1, 0.15) is 8.07 Å². The van der Waals surface area contributed by atoms with Gasteiger partial charge in [-0.25, -0.2) is 0 Å². The fourth-order valence-electron chi connectivity index (χ4n) is 13.3. The molecule has 0 saturated heterocycles. The molecule has 1 heteroatoms. The average Bonchev–Trinajstić information content (AvgIpc) is 4.01. The molecule has 0 unspecified atom stereocenters. The van der Waals surface area contributed by atoms with Crippen molar-refractivity contribution in [2.45, 2.75) is 50.6 Å². The van der Waals surface area contributed by atoms with Crippen molar-refractivity contribution in [3.8, 4) is 66.8 Å². The topological polar surface area (TPSA) is 0 Å². The lowest BCUT2D eigenvalue weighted by Crippen LogP contribution is -2.57. The van der Waals surface area contributed by atoms with Crippen molar-refractivity contribution in [3.63, 3.8) is 0 Å². The predicted molar refractivity (Wildman–Crippen MR) is 277 cm³/mol. The molecule has 0 bridgehead atoms. The van der Waals surface area contributed by atoms with E-state index in [1.165, 1.54) is 123 Å². The first-order chi connectivity index (χ1) is 31.7. The van der Waals surface area contributed by atoms with Crippen molar-refractivity contribution < 1.29 is 0 Å². The normalized spacial score (nSPS) is 15.9. The maximum absolute atomic E-state index is 2.57. The first-order valence-corrected chi connectivity index (χ1v) is 25.9. The predicted octanol–water partition coefficient (Wildman–Crippen LogP) is 15.0. The van der Waals surface area contributed by atoms with E-state index in [0.29, 0.717) is 0 Å². The standard InChI is InChI=1S/C64H48Si/c1-63(2)55-22-12-9-17-45(55)47-29-25-40(35-57(47)63)39-26-31-52-54(33-39)62(42-27-30-48-46-18-10-13-23-56(46)64(3,4)58(48)36-42)51-21-8-7-20-50(51)61(52)41-28-32-60-53(34-41)49-19-11-14-24-59(49)65(60)37-43-15-5-6-16-44(43)38-65/h5-36H,37-38H2,1-4H3. The molecule has 0 radical (unpaired) electrons. The van der Waals surface area contributed by atoms with E-state index < -0.39 is 8.07 Å². The maximum Gasteiger partial charge on any atom is 0.128 e. The van der Waals surface area contributed by atoms with Gasteiger partial charge < -0.3 is 0 Å². The molecule has 10 aromatic rings. The van der Waals surface area contributed by atoms with Gasteiger partial charge >= 0.3 is 0 Å². The van der Waals surface area contributed by atoms with Gasteiger partial charge in [0.2, 0.25) is 0 Å². The quantitative estimate of drug-likeness (QED) is 0.123. The van der Waals surface area contributed by atoms with Gasteiger partial charge in [0, 0.05) is 10.8 Å². The molecule has 0 aromatic heterocycles. The Hall–Kier alpha value is -7.06. The maximum atomic E-state index is 2.57. The molecule has 0 fully saturated rings. The van der Waals surface area contributed by atoms with Gasteiger partial charge in [-0.05, 0) is 168 Å². The second kappa shape index (κ2) is 13.0. The Balaban J connectivity index is 1.02. The Morgan fingerprint density at radius 3 is 1.40 bits per heavy atom. The summed E-state index contributed by atoms with van der Waals surface area (Å²) < 4.78 is 0. The van der Waals surface area contributed by atoms with Gasteiger partial charge in [0.15, 0.2) is 0 Å². The first kappa shape index (κ1) is 37.3. The number of rotatable bonds is 3. The summed E-state index contributed by atoms with van der Waals surface area (Å²) in [7, 11) is -2.03. The van der Waals surface area contributed by atoms with Crippen molar-refractivity contribution in [2.24, 2.45) is 0 Å². The van der Waals surface area contributed by atoms with Gasteiger partial charge in [-0.15, -0.1) is 0 Å². The van der Waals surface area contributed by atoms with E-state index >= 15 is 0 Å². The summed E-state index contributed by atoms with van der Waals surface area (Å²) in [5.74, 6) is 0. The number of hydrogen-bond acceptors (Lipinski definition) is 0. The third-order valence-electron chi connectivity index (χ3n) is 16.5. The molecule has 0 nitrogen and oxygen atoms in total. The molecule has 2 aliphatic carbocycles. The molecule has 10 aromatic carbocycles. The van der Waals surface area contributed by atoms with Crippen LogP contribution >= 0.6 is 0 Å². The molecule has 14 rings (SSSR count). The Labute approximate surface area is 382 Å². The molecule has 0 saturated carbocycles. The number of benzene rings is 10. The van der Waals surface area contributed by atoms with Gasteiger partial charge in [-0.3, -0.25) is 0 Å². The summed E-state index contributed by atoms with van der Waals surface area (Å²) in [4.78, 5) is 0. The van der Waals surface area contributed by atoms with Crippen molar-refractivity contribution in [3.05, 3.63) is 228 Å². The van der Waals surface area contributed by atoms with Crippen molar-refractivity contribution in [1.29, 1.82) is 0 Å². The van der Waals surface area contributed by atoms with Crippen LogP contribution in [0.2, 0.25) is 0 Å². The Kier molecular flexibility index (Phi) is 7.48. The average molecular weight is 845 g/mol. The molecule has 4 aliphatic rings. The van der Waals surface area contributed by atoms with Crippen LogP contribution in [0.25, 0.3) is 88.3 Å². The highest BCUT2D eigenvalue weighted by atomic mass is 28.3. The molecular weight excluding hydrogens is 797 g/mol. The molecule has 2 heterocycles. The Morgan fingerprint density at radius 2 is 0.738 bits per heavy atom. The van der Waals surface area contributed by atoms with Gasteiger partial charge in [0.05, 0.1) is 0 Å². The smallest absolute Gasteiger partial charge is 0.0623 e. The van der Waals surface area contributed by atoms with Crippen LogP contribution in [0.5, 0.6) is 0 Å².